The molecule has 4 rings (SSSR count). The minimum absolute atomic E-state index is 0.597. The highest BCUT2D eigenvalue weighted by Crippen LogP contribution is 2.38. The van der Waals surface area contributed by atoms with Crippen molar-refractivity contribution < 1.29 is 9.47 Å². The molecule has 1 aliphatic heterocycles. The Bertz CT molecular complexity index is 853. The molecule has 0 fully saturated rings. The molecule has 1 aromatic carbocycles. The van der Waals surface area contributed by atoms with Crippen molar-refractivity contribution in [3.05, 3.63) is 35.0 Å². The second kappa shape index (κ2) is 5.86. The highest BCUT2D eigenvalue weighted by atomic mass is 32.1. The van der Waals surface area contributed by atoms with Crippen molar-refractivity contribution >= 4 is 16.3 Å². The van der Waals surface area contributed by atoms with Gasteiger partial charge in [-0.2, -0.15) is 0 Å². The maximum atomic E-state index is 5.76. The molecule has 0 saturated carbocycles. The molecule has 0 bridgehead atoms. The molecule has 1 aliphatic rings. The Morgan fingerprint density at radius 2 is 2.09 bits per heavy atom. The van der Waals surface area contributed by atoms with Gasteiger partial charge in [-0.05, 0) is 31.2 Å². The summed E-state index contributed by atoms with van der Waals surface area (Å²) in [6.45, 7) is 4.00. The van der Waals surface area contributed by atoms with E-state index in [9.17, 15) is 0 Å². The van der Waals surface area contributed by atoms with Crippen LogP contribution in [-0.2, 0) is 12.8 Å². The zero-order valence-corrected chi connectivity index (χ0v) is 13.9. The van der Waals surface area contributed by atoms with Crippen LogP contribution in [0.3, 0.4) is 0 Å². The van der Waals surface area contributed by atoms with Gasteiger partial charge in [0, 0.05) is 22.6 Å². The third-order valence-corrected chi connectivity index (χ3v) is 5.24. The van der Waals surface area contributed by atoms with Crippen LogP contribution in [0.15, 0.2) is 24.4 Å². The van der Waals surface area contributed by atoms with Crippen molar-refractivity contribution in [3.8, 4) is 22.8 Å². The molecular formula is C17H19N3O2S. The molecule has 120 valence electrons. The van der Waals surface area contributed by atoms with Crippen molar-refractivity contribution in [1.29, 1.82) is 0 Å². The number of thiazole rings is 1. The van der Waals surface area contributed by atoms with E-state index in [4.69, 9.17) is 15.2 Å². The molecule has 3 aromatic rings. The fourth-order valence-corrected chi connectivity index (χ4v) is 4.08. The molecule has 6 heteroatoms. The van der Waals surface area contributed by atoms with E-state index in [0.29, 0.717) is 19.8 Å². The normalized spacial score (nSPS) is 13.7. The van der Waals surface area contributed by atoms with E-state index in [1.165, 1.54) is 10.6 Å². The summed E-state index contributed by atoms with van der Waals surface area (Å²) in [6, 6.07) is 6.16. The number of fused-ring (bicyclic) bond motifs is 2. The van der Waals surface area contributed by atoms with Crippen LogP contribution in [0.5, 0.6) is 11.5 Å². The Kier molecular flexibility index (Phi) is 3.71. The number of rotatable bonds is 4. The monoisotopic (exact) mass is 329 g/mol. The van der Waals surface area contributed by atoms with E-state index in [1.807, 2.05) is 12.3 Å². The van der Waals surface area contributed by atoms with Crippen LogP contribution in [0.2, 0.25) is 0 Å². The number of aryl methyl sites for hydroxylation is 1. The zero-order valence-electron chi connectivity index (χ0n) is 13.0. The van der Waals surface area contributed by atoms with Crippen LogP contribution < -0.4 is 15.2 Å². The quantitative estimate of drug-likeness (QED) is 0.799. The summed E-state index contributed by atoms with van der Waals surface area (Å²) in [6.07, 6.45) is 3.72. The van der Waals surface area contributed by atoms with Gasteiger partial charge in [-0.3, -0.25) is 4.40 Å². The topological polar surface area (TPSA) is 61.8 Å². The van der Waals surface area contributed by atoms with Crippen LogP contribution in [0, 0.1) is 0 Å². The first-order valence-corrected chi connectivity index (χ1v) is 8.71. The molecule has 2 aromatic heterocycles. The van der Waals surface area contributed by atoms with E-state index in [-0.39, 0.29) is 0 Å². The summed E-state index contributed by atoms with van der Waals surface area (Å²) in [5.74, 6) is 1.63. The number of nitrogens with two attached hydrogens (primary N) is 1. The lowest BCUT2D eigenvalue weighted by Gasteiger charge is -2.19. The Morgan fingerprint density at radius 1 is 1.26 bits per heavy atom. The van der Waals surface area contributed by atoms with Crippen LogP contribution >= 0.6 is 11.3 Å². The minimum Gasteiger partial charge on any atom is -0.486 e. The highest BCUT2D eigenvalue weighted by Gasteiger charge is 2.19. The van der Waals surface area contributed by atoms with Crippen molar-refractivity contribution in [2.45, 2.75) is 19.8 Å². The first-order chi connectivity index (χ1) is 11.3. The van der Waals surface area contributed by atoms with Gasteiger partial charge in [0.1, 0.15) is 13.2 Å². The fourth-order valence-electron chi connectivity index (χ4n) is 3.01. The SMILES string of the molecule is CCc1sc2ncc(CCN)n2c1-c1ccc2c(c1)OCCO2. The summed E-state index contributed by atoms with van der Waals surface area (Å²) in [5, 5.41) is 0. The average molecular weight is 329 g/mol. The second-order valence-corrected chi connectivity index (χ2v) is 6.55. The fraction of sp³-hybridized carbons (Fsp3) is 0.353. The maximum absolute atomic E-state index is 5.76. The van der Waals surface area contributed by atoms with Gasteiger partial charge < -0.3 is 15.2 Å². The molecule has 5 nitrogen and oxygen atoms in total. The third kappa shape index (κ3) is 2.38. The number of ether oxygens (including phenoxy) is 2. The first kappa shape index (κ1) is 14.5. The van der Waals surface area contributed by atoms with Crippen molar-refractivity contribution in [1.82, 2.24) is 9.38 Å². The summed E-state index contributed by atoms with van der Waals surface area (Å²) in [5.41, 5.74) is 9.24. The predicted octanol–water partition coefficient (Wildman–Crippen LogP) is 2.90. The Balaban J connectivity index is 1.91. The Hall–Kier alpha value is -2.05. The van der Waals surface area contributed by atoms with Crippen molar-refractivity contribution in [2.75, 3.05) is 19.8 Å². The van der Waals surface area contributed by atoms with Gasteiger partial charge >= 0.3 is 0 Å². The van der Waals surface area contributed by atoms with E-state index < -0.39 is 0 Å². The van der Waals surface area contributed by atoms with E-state index in [2.05, 4.69) is 28.4 Å². The van der Waals surface area contributed by atoms with Gasteiger partial charge in [0.25, 0.3) is 0 Å². The van der Waals surface area contributed by atoms with Crippen LogP contribution in [0.1, 0.15) is 17.5 Å². The number of imidazole rings is 1. The molecule has 0 atom stereocenters. The summed E-state index contributed by atoms with van der Waals surface area (Å²) >= 11 is 1.74. The van der Waals surface area contributed by atoms with E-state index >= 15 is 0 Å². The lowest BCUT2D eigenvalue weighted by molar-refractivity contribution is 0.171. The van der Waals surface area contributed by atoms with Crippen LogP contribution in [0.25, 0.3) is 16.2 Å². The smallest absolute Gasteiger partial charge is 0.194 e. The zero-order chi connectivity index (χ0) is 15.8. The number of aromatic nitrogens is 2. The predicted molar refractivity (Wildman–Crippen MR) is 91.6 cm³/mol. The molecule has 0 aliphatic carbocycles. The summed E-state index contributed by atoms with van der Waals surface area (Å²) < 4.78 is 13.6. The third-order valence-electron chi connectivity index (χ3n) is 4.04. The summed E-state index contributed by atoms with van der Waals surface area (Å²) in [4.78, 5) is 6.90. The maximum Gasteiger partial charge on any atom is 0.194 e. The van der Waals surface area contributed by atoms with Crippen LogP contribution in [-0.4, -0.2) is 29.1 Å². The van der Waals surface area contributed by atoms with Crippen LogP contribution in [0.4, 0.5) is 0 Å². The lowest BCUT2D eigenvalue weighted by atomic mass is 10.1. The second-order valence-electron chi connectivity index (χ2n) is 5.49. The highest BCUT2D eigenvalue weighted by molar-refractivity contribution is 7.17. The van der Waals surface area contributed by atoms with Gasteiger partial charge in [-0.25, -0.2) is 4.98 Å². The Labute approximate surface area is 138 Å². The number of hydrogen-bond acceptors (Lipinski definition) is 5. The van der Waals surface area contributed by atoms with Gasteiger partial charge in [0.2, 0.25) is 0 Å². The van der Waals surface area contributed by atoms with E-state index in [1.54, 1.807) is 11.3 Å². The molecule has 2 N–H and O–H groups in total. The molecular weight excluding hydrogens is 310 g/mol. The van der Waals surface area contributed by atoms with E-state index in [0.717, 1.165) is 40.6 Å². The molecule has 23 heavy (non-hydrogen) atoms. The molecule has 3 heterocycles. The minimum atomic E-state index is 0.597. The lowest BCUT2D eigenvalue weighted by Crippen LogP contribution is -2.15. The van der Waals surface area contributed by atoms with Crippen molar-refractivity contribution in [2.24, 2.45) is 5.73 Å². The Morgan fingerprint density at radius 3 is 2.87 bits per heavy atom. The van der Waals surface area contributed by atoms with Gasteiger partial charge in [-0.15, -0.1) is 11.3 Å². The largest absolute Gasteiger partial charge is 0.486 e. The number of nitrogens with zero attached hydrogens (tertiary/aromatic N) is 2. The van der Waals surface area contributed by atoms with Crippen molar-refractivity contribution in [3.63, 3.8) is 0 Å². The van der Waals surface area contributed by atoms with Gasteiger partial charge in [0.15, 0.2) is 16.5 Å². The molecule has 0 amide bonds. The first-order valence-electron chi connectivity index (χ1n) is 7.90. The number of benzene rings is 1. The molecule has 0 radical (unpaired) electrons. The van der Waals surface area contributed by atoms with Gasteiger partial charge in [0.05, 0.1) is 11.9 Å². The van der Waals surface area contributed by atoms with Gasteiger partial charge in [-0.1, -0.05) is 6.92 Å². The molecule has 0 spiro atoms. The molecule has 0 unspecified atom stereocenters. The number of hydrogen-bond donors (Lipinski definition) is 1. The summed E-state index contributed by atoms with van der Waals surface area (Å²) in [7, 11) is 0. The standard InChI is InChI=1S/C17H19N3O2S/c1-2-15-16(20-12(5-6-18)10-19-17(20)23-15)11-3-4-13-14(9-11)22-8-7-21-13/h3-4,9-10H,2,5-8,18H2,1H3. The molecule has 0 saturated heterocycles. The average Bonchev–Trinajstić information content (AvgIpc) is 3.14.